The lowest BCUT2D eigenvalue weighted by atomic mass is 10.2. The molecule has 120 valence electrons. The van der Waals surface area contributed by atoms with Crippen LogP contribution in [-0.2, 0) is 16.6 Å². The van der Waals surface area contributed by atoms with Crippen molar-refractivity contribution in [2.45, 2.75) is 10.8 Å². The number of thiophene rings is 1. The molecule has 0 fully saturated rings. The summed E-state index contributed by atoms with van der Waals surface area (Å²) in [4.78, 5) is 0. The summed E-state index contributed by atoms with van der Waals surface area (Å²) in [6.45, 7) is 4.25. The van der Waals surface area contributed by atoms with Crippen molar-refractivity contribution in [1.82, 2.24) is 9.78 Å². The fraction of sp³-hybridized carbons (Fsp3) is 0.133. The predicted molar refractivity (Wildman–Crippen MR) is 91.6 cm³/mol. The SMILES string of the molecule is C=CCn1ncc2ccc(NS(=O)(=O)c3ccc(OC)s3)cc21. The highest BCUT2D eigenvalue weighted by Crippen LogP contribution is 2.29. The predicted octanol–water partition coefficient (Wildman–Crippen LogP) is 3.09. The van der Waals surface area contributed by atoms with Gasteiger partial charge in [0.2, 0.25) is 0 Å². The van der Waals surface area contributed by atoms with Crippen LogP contribution >= 0.6 is 11.3 Å². The first kappa shape index (κ1) is 15.6. The molecule has 0 aliphatic heterocycles. The molecule has 0 spiro atoms. The molecule has 3 aromatic rings. The molecule has 0 amide bonds. The number of nitrogens with zero attached hydrogens (tertiary/aromatic N) is 2. The van der Waals surface area contributed by atoms with Gasteiger partial charge < -0.3 is 4.74 Å². The molecule has 0 atom stereocenters. The number of hydrogen-bond donors (Lipinski definition) is 1. The number of nitrogens with one attached hydrogen (secondary N) is 1. The maximum absolute atomic E-state index is 12.4. The van der Waals surface area contributed by atoms with E-state index in [1.165, 1.54) is 13.2 Å². The van der Waals surface area contributed by atoms with Crippen molar-refractivity contribution >= 4 is 38.0 Å². The van der Waals surface area contributed by atoms with Crippen molar-refractivity contribution < 1.29 is 13.2 Å². The zero-order valence-electron chi connectivity index (χ0n) is 12.4. The van der Waals surface area contributed by atoms with Gasteiger partial charge in [0.05, 0.1) is 31.1 Å². The zero-order chi connectivity index (χ0) is 16.4. The average molecular weight is 349 g/mol. The minimum Gasteiger partial charge on any atom is -0.487 e. The Kier molecular flexibility index (Phi) is 4.10. The van der Waals surface area contributed by atoms with E-state index in [1.807, 2.05) is 6.07 Å². The molecule has 6 nitrogen and oxygen atoms in total. The van der Waals surface area contributed by atoms with Crippen molar-refractivity contribution in [1.29, 1.82) is 0 Å². The van der Waals surface area contributed by atoms with E-state index in [0.717, 1.165) is 22.2 Å². The van der Waals surface area contributed by atoms with Crippen LogP contribution in [0.4, 0.5) is 5.69 Å². The number of rotatable bonds is 6. The molecule has 23 heavy (non-hydrogen) atoms. The maximum Gasteiger partial charge on any atom is 0.271 e. The number of fused-ring (bicyclic) bond motifs is 1. The smallest absolute Gasteiger partial charge is 0.271 e. The summed E-state index contributed by atoms with van der Waals surface area (Å²) in [5.74, 6) is 0. The molecule has 0 saturated carbocycles. The van der Waals surface area contributed by atoms with Crippen molar-refractivity contribution in [3.63, 3.8) is 0 Å². The number of sulfonamides is 1. The Balaban J connectivity index is 1.93. The first-order chi connectivity index (χ1) is 11.0. The third-order valence-corrected chi connectivity index (χ3v) is 6.14. The van der Waals surface area contributed by atoms with Crippen LogP contribution in [0, 0.1) is 0 Å². The van der Waals surface area contributed by atoms with Crippen LogP contribution in [0.1, 0.15) is 0 Å². The lowest BCUT2D eigenvalue weighted by Crippen LogP contribution is -2.11. The van der Waals surface area contributed by atoms with Crippen LogP contribution in [-0.4, -0.2) is 25.3 Å². The number of hydrogen-bond acceptors (Lipinski definition) is 5. The summed E-state index contributed by atoms with van der Waals surface area (Å²) in [6, 6.07) is 8.45. The lowest BCUT2D eigenvalue weighted by molar-refractivity contribution is 0.427. The van der Waals surface area contributed by atoms with E-state index < -0.39 is 10.0 Å². The fourth-order valence-electron chi connectivity index (χ4n) is 2.16. The molecule has 0 radical (unpaired) electrons. The molecule has 0 saturated heterocycles. The van der Waals surface area contributed by atoms with Gasteiger partial charge in [-0.3, -0.25) is 9.40 Å². The van der Waals surface area contributed by atoms with Gasteiger partial charge in [0.25, 0.3) is 10.0 Å². The molecule has 0 aliphatic carbocycles. The van der Waals surface area contributed by atoms with Crippen molar-refractivity contribution in [2.75, 3.05) is 11.8 Å². The number of methoxy groups -OCH3 is 1. The van der Waals surface area contributed by atoms with E-state index in [0.29, 0.717) is 17.3 Å². The van der Waals surface area contributed by atoms with Gasteiger partial charge in [-0.2, -0.15) is 5.10 Å². The fourth-order valence-corrected chi connectivity index (χ4v) is 4.31. The van der Waals surface area contributed by atoms with Crippen molar-refractivity contribution in [2.24, 2.45) is 0 Å². The summed E-state index contributed by atoms with van der Waals surface area (Å²) in [7, 11) is -2.14. The Morgan fingerprint density at radius 2 is 2.22 bits per heavy atom. The quantitative estimate of drug-likeness (QED) is 0.694. The Morgan fingerprint density at radius 3 is 2.91 bits per heavy atom. The van der Waals surface area contributed by atoms with Crippen LogP contribution in [0.15, 0.2) is 53.4 Å². The molecule has 0 aliphatic rings. The molecular weight excluding hydrogens is 334 g/mol. The lowest BCUT2D eigenvalue weighted by Gasteiger charge is -2.07. The Morgan fingerprint density at radius 1 is 1.39 bits per heavy atom. The minimum atomic E-state index is -3.64. The third-order valence-electron chi connectivity index (χ3n) is 3.22. The van der Waals surface area contributed by atoms with Gasteiger partial charge in [0.15, 0.2) is 5.06 Å². The normalized spacial score (nSPS) is 11.5. The summed E-state index contributed by atoms with van der Waals surface area (Å²) in [6.07, 6.45) is 3.47. The third kappa shape index (κ3) is 3.08. The monoisotopic (exact) mass is 349 g/mol. The standard InChI is InChI=1S/C15H15N3O3S2/c1-3-8-18-13-9-12(5-4-11(13)10-16-18)17-23(19,20)15-7-6-14(21-2)22-15/h3-7,9-10,17H,1,8H2,2H3. The van der Waals surface area contributed by atoms with Crippen molar-refractivity contribution in [3.05, 3.63) is 49.2 Å². The molecular formula is C15H15N3O3S2. The molecule has 0 bridgehead atoms. The molecule has 2 aromatic heterocycles. The zero-order valence-corrected chi connectivity index (χ0v) is 14.0. The van der Waals surface area contributed by atoms with E-state index in [1.54, 1.807) is 35.2 Å². The average Bonchev–Trinajstić information content (AvgIpc) is 3.15. The summed E-state index contributed by atoms with van der Waals surface area (Å²) in [5, 5.41) is 5.73. The number of benzene rings is 1. The van der Waals surface area contributed by atoms with Crippen LogP contribution in [0.2, 0.25) is 0 Å². The second-order valence-corrected chi connectivity index (χ2v) is 7.73. The molecule has 0 unspecified atom stereocenters. The number of allylic oxidation sites excluding steroid dienone is 1. The molecule has 1 aromatic carbocycles. The van der Waals surface area contributed by atoms with Crippen LogP contribution in [0.5, 0.6) is 5.06 Å². The van der Waals surface area contributed by atoms with Gasteiger partial charge in [0.1, 0.15) is 4.21 Å². The van der Waals surface area contributed by atoms with Gasteiger partial charge in [-0.1, -0.05) is 17.4 Å². The molecule has 8 heteroatoms. The first-order valence-corrected chi connectivity index (χ1v) is 9.06. The highest BCUT2D eigenvalue weighted by molar-refractivity contribution is 7.94. The van der Waals surface area contributed by atoms with Gasteiger partial charge in [-0.15, -0.1) is 6.58 Å². The highest BCUT2D eigenvalue weighted by Gasteiger charge is 2.18. The molecule has 3 rings (SSSR count). The number of ether oxygens (including phenoxy) is 1. The first-order valence-electron chi connectivity index (χ1n) is 6.76. The van der Waals surface area contributed by atoms with Gasteiger partial charge in [-0.25, -0.2) is 8.42 Å². The number of aromatic nitrogens is 2. The van der Waals surface area contributed by atoms with E-state index >= 15 is 0 Å². The Bertz CT molecular complexity index is 957. The van der Waals surface area contributed by atoms with Crippen LogP contribution in [0.3, 0.4) is 0 Å². The summed E-state index contributed by atoms with van der Waals surface area (Å²) < 4.78 is 34.4. The molecule has 2 heterocycles. The van der Waals surface area contributed by atoms with Gasteiger partial charge >= 0.3 is 0 Å². The van der Waals surface area contributed by atoms with E-state index in [-0.39, 0.29) is 4.21 Å². The maximum atomic E-state index is 12.4. The van der Waals surface area contributed by atoms with E-state index in [9.17, 15) is 8.42 Å². The summed E-state index contributed by atoms with van der Waals surface area (Å²) in [5.41, 5.74) is 1.32. The highest BCUT2D eigenvalue weighted by atomic mass is 32.2. The van der Waals surface area contributed by atoms with E-state index in [4.69, 9.17) is 4.74 Å². The topological polar surface area (TPSA) is 73.2 Å². The Hall–Kier alpha value is -2.32. The largest absolute Gasteiger partial charge is 0.487 e. The summed E-state index contributed by atoms with van der Waals surface area (Å²) >= 11 is 1.07. The van der Waals surface area contributed by atoms with Crippen LogP contribution in [0.25, 0.3) is 10.9 Å². The minimum absolute atomic E-state index is 0.203. The second-order valence-electron chi connectivity index (χ2n) is 4.77. The second kappa shape index (κ2) is 6.05. The van der Waals surface area contributed by atoms with Gasteiger partial charge in [0, 0.05) is 5.39 Å². The molecule has 1 N–H and O–H groups in total. The van der Waals surface area contributed by atoms with Crippen LogP contribution < -0.4 is 9.46 Å². The van der Waals surface area contributed by atoms with Gasteiger partial charge in [-0.05, 0) is 30.3 Å². The number of anilines is 1. The van der Waals surface area contributed by atoms with E-state index in [2.05, 4.69) is 16.4 Å². The Labute approximate surface area is 138 Å². The van der Waals surface area contributed by atoms with Crippen molar-refractivity contribution in [3.8, 4) is 5.06 Å².